The molecule has 0 saturated carbocycles. The molecule has 2 atom stereocenters. The van der Waals surface area contributed by atoms with Gasteiger partial charge in [-0.15, -0.1) is 0 Å². The average Bonchev–Trinajstić information content (AvgIpc) is 2.34. The van der Waals surface area contributed by atoms with E-state index in [0.717, 1.165) is 32.5 Å². The molecule has 1 saturated heterocycles. The number of rotatable bonds is 3. The number of hydrogen-bond acceptors (Lipinski definition) is 2. The molecule has 1 heterocycles. The number of benzene rings is 1. The third-order valence-corrected chi connectivity index (χ3v) is 4.55. The zero-order chi connectivity index (χ0) is 13.2. The van der Waals surface area contributed by atoms with Crippen LogP contribution in [0, 0.1) is 12.8 Å². The summed E-state index contributed by atoms with van der Waals surface area (Å²) in [6.07, 6.45) is 2.13. The third kappa shape index (κ3) is 2.54. The van der Waals surface area contributed by atoms with Crippen molar-refractivity contribution in [3.8, 4) is 5.75 Å². The zero-order valence-electron chi connectivity index (χ0n) is 11.5. The van der Waals surface area contributed by atoms with E-state index >= 15 is 0 Å². The van der Waals surface area contributed by atoms with Crippen LogP contribution in [-0.2, 0) is 5.41 Å². The minimum Gasteiger partial charge on any atom is -0.508 e. The smallest absolute Gasteiger partial charge is 0.115 e. The molecule has 1 aliphatic rings. The van der Waals surface area contributed by atoms with Crippen LogP contribution in [0.25, 0.3) is 0 Å². The second kappa shape index (κ2) is 5.31. The van der Waals surface area contributed by atoms with Crippen molar-refractivity contribution in [3.05, 3.63) is 36.8 Å². The second-order valence-corrected chi connectivity index (χ2v) is 5.77. The molecule has 0 amide bonds. The van der Waals surface area contributed by atoms with Gasteiger partial charge in [0.25, 0.3) is 0 Å². The Morgan fingerprint density at radius 1 is 1.50 bits per heavy atom. The summed E-state index contributed by atoms with van der Waals surface area (Å²) >= 11 is 0. The van der Waals surface area contributed by atoms with Crippen molar-refractivity contribution >= 4 is 0 Å². The lowest BCUT2D eigenvalue weighted by Crippen LogP contribution is -2.47. The molecule has 0 spiro atoms. The van der Waals surface area contributed by atoms with Gasteiger partial charge in [-0.05, 0) is 55.0 Å². The maximum Gasteiger partial charge on any atom is 0.115 e. The van der Waals surface area contributed by atoms with Gasteiger partial charge in [0.2, 0.25) is 0 Å². The Hall–Kier alpha value is -1.02. The molecule has 1 fully saturated rings. The lowest BCUT2D eigenvalue weighted by molar-refractivity contribution is 0.112. The maximum atomic E-state index is 9.66. The molecule has 18 heavy (non-hydrogen) atoms. The number of phenols is 1. The molecule has 2 nitrogen and oxygen atoms in total. The number of nitrogens with zero attached hydrogens (tertiary/aromatic N) is 1. The normalized spacial score (nSPS) is 29.4. The number of aromatic hydroxyl groups is 1. The Labute approximate surface area is 111 Å². The van der Waals surface area contributed by atoms with Gasteiger partial charge in [-0.25, -0.2) is 0 Å². The molecule has 0 bridgehead atoms. The first-order valence-corrected chi connectivity index (χ1v) is 6.87. The van der Waals surface area contributed by atoms with Crippen LogP contribution in [0.2, 0.25) is 0 Å². The Bertz CT molecular complexity index is 404. The topological polar surface area (TPSA) is 23.5 Å². The monoisotopic (exact) mass is 246 g/mol. The number of piperidine rings is 1. The highest BCUT2D eigenvalue weighted by molar-refractivity contribution is 5.33. The first-order chi connectivity index (χ1) is 8.56. The van der Waals surface area contributed by atoms with Gasteiger partial charge >= 0.3 is 0 Å². The van der Waals surface area contributed by atoms with E-state index in [1.165, 1.54) is 5.56 Å². The molecule has 1 N–H and O–H groups in total. The molecule has 1 aromatic carbocycles. The Balaban J connectivity index is 2.17. The van der Waals surface area contributed by atoms with Crippen molar-refractivity contribution < 1.29 is 5.11 Å². The van der Waals surface area contributed by atoms with Gasteiger partial charge in [-0.1, -0.05) is 32.9 Å². The summed E-state index contributed by atoms with van der Waals surface area (Å²) in [5.41, 5.74) is 1.44. The molecule has 1 aliphatic heterocycles. The lowest BCUT2D eigenvalue weighted by Gasteiger charge is -2.45. The van der Waals surface area contributed by atoms with Crippen molar-refractivity contribution in [1.82, 2.24) is 4.90 Å². The largest absolute Gasteiger partial charge is 0.508 e. The minimum atomic E-state index is 0.177. The molecular formula is C16H24NO. The van der Waals surface area contributed by atoms with Crippen molar-refractivity contribution in [2.75, 3.05) is 19.6 Å². The van der Waals surface area contributed by atoms with E-state index in [9.17, 15) is 5.11 Å². The zero-order valence-corrected chi connectivity index (χ0v) is 11.5. The molecule has 1 aromatic rings. The molecule has 2 rings (SSSR count). The number of phenolic OH excluding ortho intramolecular Hbond substituents is 1. The van der Waals surface area contributed by atoms with Crippen molar-refractivity contribution in [1.29, 1.82) is 0 Å². The summed E-state index contributed by atoms with van der Waals surface area (Å²) in [7, 11) is 0. The first kappa shape index (κ1) is 13.4. The molecule has 2 heteroatoms. The summed E-state index contributed by atoms with van der Waals surface area (Å²) < 4.78 is 0. The fraction of sp³-hybridized carbons (Fsp3) is 0.562. The first-order valence-electron chi connectivity index (χ1n) is 6.87. The number of likely N-dealkylation sites (tertiary alicyclic amines) is 1. The second-order valence-electron chi connectivity index (χ2n) is 5.77. The summed E-state index contributed by atoms with van der Waals surface area (Å²) in [5, 5.41) is 9.66. The molecule has 0 aliphatic carbocycles. The van der Waals surface area contributed by atoms with Gasteiger partial charge in [0.05, 0.1) is 0 Å². The van der Waals surface area contributed by atoms with Crippen LogP contribution >= 0.6 is 0 Å². The summed E-state index contributed by atoms with van der Waals surface area (Å²) in [5.74, 6) is 0.973. The van der Waals surface area contributed by atoms with Gasteiger partial charge in [-0.3, -0.25) is 0 Å². The summed E-state index contributed by atoms with van der Waals surface area (Å²) in [6.45, 7) is 11.9. The van der Waals surface area contributed by atoms with Crippen molar-refractivity contribution in [3.63, 3.8) is 0 Å². The highest BCUT2D eigenvalue weighted by Gasteiger charge is 2.37. The average molecular weight is 246 g/mol. The Morgan fingerprint density at radius 2 is 2.28 bits per heavy atom. The van der Waals surface area contributed by atoms with Crippen LogP contribution in [0.15, 0.2) is 24.3 Å². The number of hydrogen-bond donors (Lipinski definition) is 1. The SMILES string of the molecule is [CH2]CCN1CCC(C)(c2cccc(O)c2)C(C)C1. The maximum absolute atomic E-state index is 9.66. The van der Waals surface area contributed by atoms with Crippen LogP contribution in [0.1, 0.15) is 32.3 Å². The van der Waals surface area contributed by atoms with Crippen molar-refractivity contribution in [2.24, 2.45) is 5.92 Å². The van der Waals surface area contributed by atoms with Gasteiger partial charge < -0.3 is 10.0 Å². The highest BCUT2D eigenvalue weighted by Crippen LogP contribution is 2.40. The Morgan fingerprint density at radius 3 is 2.89 bits per heavy atom. The van der Waals surface area contributed by atoms with Gasteiger partial charge in [0.1, 0.15) is 5.75 Å². The van der Waals surface area contributed by atoms with Gasteiger partial charge in [0.15, 0.2) is 0 Å². The predicted molar refractivity (Wildman–Crippen MR) is 75.7 cm³/mol. The van der Waals surface area contributed by atoms with Crippen LogP contribution < -0.4 is 0 Å². The van der Waals surface area contributed by atoms with Crippen LogP contribution in [0.3, 0.4) is 0 Å². The van der Waals surface area contributed by atoms with E-state index in [4.69, 9.17) is 0 Å². The van der Waals surface area contributed by atoms with E-state index in [1.54, 1.807) is 6.07 Å². The van der Waals surface area contributed by atoms with Gasteiger partial charge in [-0.2, -0.15) is 0 Å². The van der Waals surface area contributed by atoms with Crippen LogP contribution in [0.4, 0.5) is 0 Å². The van der Waals surface area contributed by atoms with E-state index in [2.05, 4.69) is 31.7 Å². The quantitative estimate of drug-likeness (QED) is 0.885. The fourth-order valence-electron chi connectivity index (χ4n) is 3.03. The van der Waals surface area contributed by atoms with E-state index < -0.39 is 0 Å². The predicted octanol–water partition coefficient (Wildman–Crippen LogP) is 3.22. The standard InChI is InChI=1S/C16H24NO/c1-4-9-17-10-8-16(3,13(2)12-17)14-6-5-7-15(18)11-14/h5-7,11,13,18H,1,4,8-10,12H2,2-3H3. The summed E-state index contributed by atoms with van der Waals surface area (Å²) in [4.78, 5) is 2.50. The van der Waals surface area contributed by atoms with E-state index in [1.807, 2.05) is 12.1 Å². The molecule has 0 aromatic heterocycles. The minimum absolute atomic E-state index is 0.177. The molecule has 2 unspecified atom stereocenters. The van der Waals surface area contributed by atoms with E-state index in [0.29, 0.717) is 11.7 Å². The fourth-order valence-corrected chi connectivity index (χ4v) is 3.03. The van der Waals surface area contributed by atoms with Crippen LogP contribution in [0.5, 0.6) is 5.75 Å². The highest BCUT2D eigenvalue weighted by atomic mass is 16.3. The lowest BCUT2D eigenvalue weighted by atomic mass is 9.68. The third-order valence-electron chi connectivity index (χ3n) is 4.55. The Kier molecular flexibility index (Phi) is 3.96. The van der Waals surface area contributed by atoms with Crippen molar-refractivity contribution in [2.45, 2.75) is 32.1 Å². The molecule has 1 radical (unpaired) electrons. The van der Waals surface area contributed by atoms with Gasteiger partial charge in [0, 0.05) is 6.54 Å². The summed E-state index contributed by atoms with van der Waals surface area (Å²) in [6, 6.07) is 7.77. The molecular weight excluding hydrogens is 222 g/mol. The molecule has 99 valence electrons. The van der Waals surface area contributed by atoms with E-state index in [-0.39, 0.29) is 5.41 Å². The van der Waals surface area contributed by atoms with Crippen LogP contribution in [-0.4, -0.2) is 29.6 Å².